The van der Waals surface area contributed by atoms with Gasteiger partial charge in [0.15, 0.2) is 0 Å². The SMILES string of the molecule is C=Cc1cccc([SiH](CCCN(CCCC)CCCC)COC)c1. The zero-order chi connectivity index (χ0) is 17.6. The third-order valence-electron chi connectivity index (χ3n) is 4.67. The molecule has 1 aromatic rings. The number of hydrogen-bond donors (Lipinski definition) is 0. The fraction of sp³-hybridized carbons (Fsp3) is 0.619. The summed E-state index contributed by atoms with van der Waals surface area (Å²) in [6.07, 6.45) is 9.40. The third kappa shape index (κ3) is 8.27. The maximum Gasteiger partial charge on any atom is 0.100 e. The first-order chi connectivity index (χ1) is 11.7. The van der Waals surface area contributed by atoms with E-state index in [0.717, 1.165) is 6.23 Å². The summed E-state index contributed by atoms with van der Waals surface area (Å²) >= 11 is 0. The Balaban J connectivity index is 2.55. The number of methoxy groups -OCH3 is 1. The van der Waals surface area contributed by atoms with Gasteiger partial charge < -0.3 is 9.64 Å². The summed E-state index contributed by atoms with van der Waals surface area (Å²) in [5.41, 5.74) is 1.23. The minimum atomic E-state index is -1.04. The Labute approximate surface area is 151 Å². The minimum absolute atomic E-state index is 0.935. The maximum absolute atomic E-state index is 5.54. The van der Waals surface area contributed by atoms with Crippen LogP contribution in [-0.2, 0) is 4.74 Å². The average Bonchev–Trinajstić information content (AvgIpc) is 2.62. The quantitative estimate of drug-likeness (QED) is 0.467. The van der Waals surface area contributed by atoms with Gasteiger partial charge in [-0.15, -0.1) is 0 Å². The highest BCUT2D eigenvalue weighted by Gasteiger charge is 2.14. The molecule has 0 saturated heterocycles. The van der Waals surface area contributed by atoms with E-state index in [9.17, 15) is 0 Å². The zero-order valence-corrected chi connectivity index (χ0v) is 17.3. The van der Waals surface area contributed by atoms with Gasteiger partial charge >= 0.3 is 0 Å². The van der Waals surface area contributed by atoms with E-state index in [1.807, 2.05) is 13.2 Å². The molecule has 0 heterocycles. The van der Waals surface area contributed by atoms with Crippen molar-refractivity contribution in [1.82, 2.24) is 4.90 Å². The molecule has 1 atom stereocenters. The van der Waals surface area contributed by atoms with Crippen molar-refractivity contribution in [2.24, 2.45) is 0 Å². The Morgan fingerprint density at radius 2 is 1.75 bits per heavy atom. The smallest absolute Gasteiger partial charge is 0.100 e. The summed E-state index contributed by atoms with van der Waals surface area (Å²) in [6, 6.07) is 10.2. The van der Waals surface area contributed by atoms with E-state index in [1.54, 1.807) is 0 Å². The van der Waals surface area contributed by atoms with E-state index in [1.165, 1.54) is 68.5 Å². The van der Waals surface area contributed by atoms with Gasteiger partial charge in [-0.2, -0.15) is 0 Å². The monoisotopic (exact) mass is 347 g/mol. The van der Waals surface area contributed by atoms with Gasteiger partial charge in [-0.3, -0.25) is 0 Å². The van der Waals surface area contributed by atoms with Crippen molar-refractivity contribution in [3.8, 4) is 0 Å². The normalized spacial score (nSPS) is 12.5. The molecule has 0 aliphatic rings. The Morgan fingerprint density at radius 1 is 1.08 bits per heavy atom. The fourth-order valence-electron chi connectivity index (χ4n) is 3.15. The zero-order valence-electron chi connectivity index (χ0n) is 16.1. The van der Waals surface area contributed by atoms with Crippen molar-refractivity contribution in [1.29, 1.82) is 0 Å². The van der Waals surface area contributed by atoms with Crippen molar-refractivity contribution in [3.63, 3.8) is 0 Å². The Kier molecular flexibility index (Phi) is 11.8. The van der Waals surface area contributed by atoms with Crippen LogP contribution in [0.5, 0.6) is 0 Å². The van der Waals surface area contributed by atoms with Crippen molar-refractivity contribution >= 4 is 20.1 Å². The molecule has 3 heteroatoms. The second kappa shape index (κ2) is 13.4. The van der Waals surface area contributed by atoms with Gasteiger partial charge in [0.25, 0.3) is 0 Å². The van der Waals surface area contributed by atoms with E-state index < -0.39 is 8.80 Å². The van der Waals surface area contributed by atoms with Crippen LogP contribution in [0.2, 0.25) is 6.04 Å². The van der Waals surface area contributed by atoms with Gasteiger partial charge in [0.1, 0.15) is 8.80 Å². The molecular weight excluding hydrogens is 310 g/mol. The van der Waals surface area contributed by atoms with Crippen LogP contribution in [0, 0.1) is 0 Å². The van der Waals surface area contributed by atoms with E-state index in [4.69, 9.17) is 4.74 Å². The number of nitrogens with zero attached hydrogens (tertiary/aromatic N) is 1. The highest BCUT2D eigenvalue weighted by atomic mass is 28.3. The number of hydrogen-bond acceptors (Lipinski definition) is 2. The summed E-state index contributed by atoms with van der Waals surface area (Å²) < 4.78 is 5.54. The second-order valence-electron chi connectivity index (χ2n) is 6.72. The summed E-state index contributed by atoms with van der Waals surface area (Å²) in [7, 11) is 0.795. The highest BCUT2D eigenvalue weighted by molar-refractivity contribution is 6.73. The van der Waals surface area contributed by atoms with Gasteiger partial charge in [0.2, 0.25) is 0 Å². The lowest BCUT2D eigenvalue weighted by molar-refractivity contribution is 0.247. The van der Waals surface area contributed by atoms with Gasteiger partial charge in [0, 0.05) is 13.3 Å². The van der Waals surface area contributed by atoms with Crippen LogP contribution >= 0.6 is 0 Å². The molecule has 0 amide bonds. The van der Waals surface area contributed by atoms with Crippen LogP contribution in [-0.4, -0.2) is 46.7 Å². The van der Waals surface area contributed by atoms with Gasteiger partial charge in [0.05, 0.1) is 0 Å². The first-order valence-electron chi connectivity index (χ1n) is 9.68. The molecule has 0 aliphatic carbocycles. The standard InChI is InChI=1S/C21H37NOSi/c1-5-8-14-22(15-9-6-2)16-11-17-24(19-23-4)21-13-10-12-20(7-3)18-21/h7,10,12-13,18,24H,3,5-6,8-9,11,14-17,19H2,1-2,4H3. The lowest BCUT2D eigenvalue weighted by Crippen LogP contribution is -2.36. The lowest BCUT2D eigenvalue weighted by Gasteiger charge is -2.23. The molecule has 0 bridgehead atoms. The molecule has 136 valence electrons. The number of unbranched alkanes of at least 4 members (excludes halogenated alkanes) is 2. The fourth-order valence-corrected chi connectivity index (χ4v) is 5.73. The maximum atomic E-state index is 5.54. The van der Waals surface area contributed by atoms with Gasteiger partial charge in [-0.25, -0.2) is 0 Å². The molecule has 1 aromatic carbocycles. The number of rotatable bonds is 14. The Bertz CT molecular complexity index is 441. The van der Waals surface area contributed by atoms with Crippen LogP contribution in [0.1, 0.15) is 51.5 Å². The van der Waals surface area contributed by atoms with Crippen molar-refractivity contribution in [3.05, 3.63) is 36.4 Å². The molecule has 1 unspecified atom stereocenters. The first-order valence-corrected chi connectivity index (χ1v) is 11.9. The largest absolute Gasteiger partial charge is 0.388 e. The molecule has 0 aromatic heterocycles. The number of benzene rings is 1. The van der Waals surface area contributed by atoms with Crippen LogP contribution in [0.4, 0.5) is 0 Å². The van der Waals surface area contributed by atoms with E-state index >= 15 is 0 Å². The second-order valence-corrected chi connectivity index (χ2v) is 9.69. The molecule has 0 fully saturated rings. The summed E-state index contributed by atoms with van der Waals surface area (Å²) in [5, 5.41) is 1.52. The summed E-state index contributed by atoms with van der Waals surface area (Å²) in [4.78, 5) is 2.67. The Morgan fingerprint density at radius 3 is 2.33 bits per heavy atom. The molecule has 1 rings (SSSR count). The van der Waals surface area contributed by atoms with Crippen molar-refractivity contribution in [2.75, 3.05) is 33.0 Å². The van der Waals surface area contributed by atoms with Crippen LogP contribution < -0.4 is 5.19 Å². The van der Waals surface area contributed by atoms with E-state index in [2.05, 4.69) is 49.6 Å². The van der Waals surface area contributed by atoms with Crippen LogP contribution in [0.15, 0.2) is 30.8 Å². The topological polar surface area (TPSA) is 12.5 Å². The highest BCUT2D eigenvalue weighted by Crippen LogP contribution is 2.07. The predicted octanol–water partition coefficient (Wildman–Crippen LogP) is 4.24. The number of ether oxygens (including phenoxy) is 1. The first kappa shape index (κ1) is 21.1. The Hall–Kier alpha value is -0.903. The van der Waals surface area contributed by atoms with Gasteiger partial charge in [-0.1, -0.05) is 74.8 Å². The molecule has 2 nitrogen and oxygen atoms in total. The van der Waals surface area contributed by atoms with Crippen LogP contribution in [0.3, 0.4) is 0 Å². The van der Waals surface area contributed by atoms with Gasteiger partial charge in [-0.05, 0) is 44.5 Å². The summed E-state index contributed by atoms with van der Waals surface area (Å²) in [5.74, 6) is 0. The predicted molar refractivity (Wildman–Crippen MR) is 111 cm³/mol. The minimum Gasteiger partial charge on any atom is -0.388 e. The van der Waals surface area contributed by atoms with Crippen molar-refractivity contribution < 1.29 is 4.74 Å². The molecule has 0 radical (unpaired) electrons. The summed E-state index contributed by atoms with van der Waals surface area (Å²) in [6.45, 7) is 12.2. The molecule has 0 saturated carbocycles. The van der Waals surface area contributed by atoms with Crippen LogP contribution in [0.25, 0.3) is 6.08 Å². The van der Waals surface area contributed by atoms with E-state index in [0.29, 0.717) is 0 Å². The van der Waals surface area contributed by atoms with Crippen molar-refractivity contribution in [2.45, 2.75) is 52.0 Å². The van der Waals surface area contributed by atoms with E-state index in [-0.39, 0.29) is 0 Å². The molecule has 24 heavy (non-hydrogen) atoms. The molecule has 0 spiro atoms. The molecular formula is C21H37NOSi. The lowest BCUT2D eigenvalue weighted by atomic mass is 10.2. The molecule has 0 aliphatic heterocycles. The third-order valence-corrected chi connectivity index (χ3v) is 7.81. The molecule has 0 N–H and O–H groups in total. The average molecular weight is 348 g/mol.